The Morgan fingerprint density at radius 2 is 2.08 bits per heavy atom. The molecule has 0 aliphatic heterocycles. The van der Waals surface area contributed by atoms with Gasteiger partial charge in [0.05, 0.1) is 6.26 Å². The van der Waals surface area contributed by atoms with Crippen molar-refractivity contribution in [1.29, 1.82) is 0 Å². The highest BCUT2D eigenvalue weighted by Crippen LogP contribution is 2.38. The maximum atomic E-state index is 12.4. The molecule has 0 aromatic carbocycles. The quantitative estimate of drug-likeness (QED) is 0.607. The summed E-state index contributed by atoms with van der Waals surface area (Å²) in [6, 6.07) is 4.50. The van der Waals surface area contributed by atoms with E-state index >= 15 is 0 Å². The van der Waals surface area contributed by atoms with Crippen LogP contribution in [-0.2, 0) is 9.53 Å². The number of carbonyl (C=O) groups is 3. The van der Waals surface area contributed by atoms with Crippen LogP contribution in [0.1, 0.15) is 58.1 Å². The standard InChI is InChI=1S/C19H22N2O5/c1-11-9-15(13(3)21(11)14-6-7-14)16(22)10-26-19(24)12(2)20-18(23)17-5-4-8-25-17/h4-5,8-9,12,14H,6-7,10H2,1-3H3,(H,20,23)/t12-/m0/s1. The fraction of sp³-hybridized carbons (Fsp3) is 0.421. The van der Waals surface area contributed by atoms with Gasteiger partial charge in [-0.25, -0.2) is 4.79 Å². The van der Waals surface area contributed by atoms with Gasteiger partial charge in [-0.1, -0.05) is 0 Å². The predicted octanol–water partition coefficient (Wildman–Crippen LogP) is 2.58. The number of rotatable bonds is 7. The Morgan fingerprint density at radius 1 is 1.35 bits per heavy atom. The van der Waals surface area contributed by atoms with Crippen LogP contribution in [0.4, 0.5) is 0 Å². The monoisotopic (exact) mass is 358 g/mol. The van der Waals surface area contributed by atoms with Gasteiger partial charge >= 0.3 is 5.97 Å². The minimum absolute atomic E-state index is 0.105. The molecular weight excluding hydrogens is 336 g/mol. The third kappa shape index (κ3) is 3.71. The van der Waals surface area contributed by atoms with Crippen molar-refractivity contribution in [2.24, 2.45) is 0 Å². The van der Waals surface area contributed by atoms with Gasteiger partial charge in [-0.15, -0.1) is 0 Å². The van der Waals surface area contributed by atoms with Crippen LogP contribution in [0, 0.1) is 13.8 Å². The normalized spacial score (nSPS) is 14.7. The largest absolute Gasteiger partial charge is 0.459 e. The fourth-order valence-corrected chi connectivity index (χ4v) is 3.03. The first-order chi connectivity index (χ1) is 12.4. The van der Waals surface area contributed by atoms with Crippen LogP contribution in [0.2, 0.25) is 0 Å². The van der Waals surface area contributed by atoms with Crippen LogP contribution in [0.5, 0.6) is 0 Å². The van der Waals surface area contributed by atoms with E-state index < -0.39 is 17.9 Å². The van der Waals surface area contributed by atoms with Gasteiger partial charge < -0.3 is 19.0 Å². The van der Waals surface area contributed by atoms with Gasteiger partial charge in [0.25, 0.3) is 5.91 Å². The summed E-state index contributed by atoms with van der Waals surface area (Å²) in [6.45, 7) is 5.02. The maximum absolute atomic E-state index is 12.4. The molecule has 0 radical (unpaired) electrons. The van der Waals surface area contributed by atoms with E-state index in [4.69, 9.17) is 9.15 Å². The van der Waals surface area contributed by atoms with Crippen molar-refractivity contribution in [3.63, 3.8) is 0 Å². The second kappa shape index (κ2) is 7.19. The highest BCUT2D eigenvalue weighted by molar-refractivity contribution is 6.00. The minimum atomic E-state index is -0.890. The van der Waals surface area contributed by atoms with Crippen LogP contribution in [0.15, 0.2) is 28.9 Å². The fourth-order valence-electron chi connectivity index (χ4n) is 3.03. The van der Waals surface area contributed by atoms with Crippen molar-refractivity contribution in [1.82, 2.24) is 9.88 Å². The predicted molar refractivity (Wildman–Crippen MR) is 93.1 cm³/mol. The summed E-state index contributed by atoms with van der Waals surface area (Å²) in [6.07, 6.45) is 3.63. The Kier molecular flexibility index (Phi) is 4.97. The molecule has 0 bridgehead atoms. The Morgan fingerprint density at radius 3 is 2.69 bits per heavy atom. The minimum Gasteiger partial charge on any atom is -0.459 e. The number of furan rings is 1. The molecular formula is C19H22N2O5. The van der Waals surface area contributed by atoms with Crippen molar-refractivity contribution >= 4 is 17.7 Å². The summed E-state index contributed by atoms with van der Waals surface area (Å²) in [7, 11) is 0. The molecule has 1 amide bonds. The van der Waals surface area contributed by atoms with Crippen molar-refractivity contribution in [2.45, 2.75) is 45.7 Å². The lowest BCUT2D eigenvalue weighted by Gasteiger charge is -2.12. The summed E-state index contributed by atoms with van der Waals surface area (Å²) < 4.78 is 12.2. The lowest BCUT2D eigenvalue weighted by Crippen LogP contribution is -2.40. The SMILES string of the molecule is Cc1cc(C(=O)COC(=O)[C@H](C)NC(=O)c2ccco2)c(C)n1C1CC1. The maximum Gasteiger partial charge on any atom is 0.328 e. The first kappa shape index (κ1) is 18.0. The summed E-state index contributed by atoms with van der Waals surface area (Å²) in [5.74, 6) is -1.33. The van der Waals surface area contributed by atoms with Crippen LogP contribution in [-0.4, -0.2) is 34.9 Å². The van der Waals surface area contributed by atoms with Gasteiger partial charge in [0.1, 0.15) is 6.04 Å². The van der Waals surface area contributed by atoms with E-state index in [0.717, 1.165) is 24.2 Å². The molecule has 26 heavy (non-hydrogen) atoms. The number of amides is 1. The molecule has 7 nitrogen and oxygen atoms in total. The van der Waals surface area contributed by atoms with Crippen molar-refractivity contribution in [3.8, 4) is 0 Å². The van der Waals surface area contributed by atoms with Gasteiger partial charge in [-0.05, 0) is 51.8 Å². The molecule has 7 heteroatoms. The van der Waals surface area contributed by atoms with Crippen molar-refractivity contribution in [3.05, 3.63) is 47.2 Å². The number of aryl methyl sites for hydroxylation is 1. The van der Waals surface area contributed by atoms with E-state index in [1.807, 2.05) is 19.9 Å². The second-order valence-electron chi connectivity index (χ2n) is 6.59. The summed E-state index contributed by atoms with van der Waals surface area (Å²) >= 11 is 0. The van der Waals surface area contributed by atoms with E-state index in [0.29, 0.717) is 11.6 Å². The number of ketones is 1. The number of carbonyl (C=O) groups excluding carboxylic acids is 3. The zero-order valence-corrected chi connectivity index (χ0v) is 15.1. The molecule has 0 unspecified atom stereocenters. The summed E-state index contributed by atoms with van der Waals surface area (Å²) in [4.78, 5) is 36.3. The van der Waals surface area contributed by atoms with Crippen LogP contribution < -0.4 is 5.32 Å². The first-order valence-corrected chi connectivity index (χ1v) is 8.61. The molecule has 0 saturated heterocycles. The zero-order valence-electron chi connectivity index (χ0n) is 15.1. The molecule has 138 valence electrons. The lowest BCUT2D eigenvalue weighted by atomic mass is 10.1. The number of ether oxygens (including phenoxy) is 1. The number of esters is 1. The molecule has 1 atom stereocenters. The molecule has 1 saturated carbocycles. The Bertz CT molecular complexity index is 830. The van der Waals surface area contributed by atoms with Crippen LogP contribution in [0.25, 0.3) is 0 Å². The van der Waals surface area contributed by atoms with Crippen LogP contribution >= 0.6 is 0 Å². The highest BCUT2D eigenvalue weighted by atomic mass is 16.5. The van der Waals surface area contributed by atoms with E-state index in [-0.39, 0.29) is 18.2 Å². The van der Waals surface area contributed by atoms with Gasteiger partial charge in [0, 0.05) is 23.0 Å². The lowest BCUT2D eigenvalue weighted by molar-refractivity contribution is -0.144. The van der Waals surface area contributed by atoms with Gasteiger partial charge in [0.15, 0.2) is 12.4 Å². The topological polar surface area (TPSA) is 90.5 Å². The zero-order chi connectivity index (χ0) is 18.8. The smallest absolute Gasteiger partial charge is 0.328 e. The number of hydrogen-bond donors (Lipinski definition) is 1. The van der Waals surface area contributed by atoms with E-state index in [2.05, 4.69) is 9.88 Å². The molecule has 2 heterocycles. The average molecular weight is 358 g/mol. The Balaban J connectivity index is 1.55. The van der Waals surface area contributed by atoms with Gasteiger partial charge in [-0.2, -0.15) is 0 Å². The summed E-state index contributed by atoms with van der Waals surface area (Å²) in [5, 5.41) is 2.47. The average Bonchev–Trinajstić information content (AvgIpc) is 3.17. The van der Waals surface area contributed by atoms with Gasteiger partial charge in [0.2, 0.25) is 5.78 Å². The first-order valence-electron chi connectivity index (χ1n) is 8.61. The number of nitrogens with one attached hydrogen (secondary N) is 1. The number of nitrogens with zero attached hydrogens (tertiary/aromatic N) is 1. The Hall–Kier alpha value is -2.83. The number of hydrogen-bond acceptors (Lipinski definition) is 5. The second-order valence-corrected chi connectivity index (χ2v) is 6.59. The third-order valence-corrected chi connectivity index (χ3v) is 4.49. The molecule has 1 aliphatic rings. The molecule has 2 aromatic heterocycles. The summed E-state index contributed by atoms with van der Waals surface area (Å²) in [5.41, 5.74) is 2.53. The van der Waals surface area contributed by atoms with Gasteiger partial charge in [-0.3, -0.25) is 9.59 Å². The van der Waals surface area contributed by atoms with E-state index in [1.54, 1.807) is 6.07 Å². The highest BCUT2D eigenvalue weighted by Gasteiger charge is 2.28. The molecule has 1 fully saturated rings. The van der Waals surface area contributed by atoms with E-state index in [9.17, 15) is 14.4 Å². The van der Waals surface area contributed by atoms with Crippen molar-refractivity contribution in [2.75, 3.05) is 6.61 Å². The number of aromatic nitrogens is 1. The van der Waals surface area contributed by atoms with E-state index in [1.165, 1.54) is 19.3 Å². The Labute approximate surface area is 151 Å². The van der Waals surface area contributed by atoms with Crippen LogP contribution in [0.3, 0.4) is 0 Å². The molecule has 1 aliphatic carbocycles. The number of Topliss-reactive ketones (excluding diaryl/α,β-unsaturated/α-hetero) is 1. The third-order valence-electron chi connectivity index (χ3n) is 4.49. The molecule has 0 spiro atoms. The molecule has 1 N–H and O–H groups in total. The molecule has 2 aromatic rings. The molecule has 3 rings (SSSR count). The van der Waals surface area contributed by atoms with Crippen molar-refractivity contribution < 1.29 is 23.5 Å².